The van der Waals surface area contributed by atoms with Gasteiger partial charge in [0, 0.05) is 32.9 Å². The van der Waals surface area contributed by atoms with Crippen LogP contribution in [0.3, 0.4) is 0 Å². The van der Waals surface area contributed by atoms with Crippen LogP contribution in [0.1, 0.15) is 5.56 Å². The maximum atomic E-state index is 8.62. The third-order valence-corrected chi connectivity index (χ3v) is 2.04. The minimum absolute atomic E-state index is 0.188. The number of benzene rings is 1. The summed E-state index contributed by atoms with van der Waals surface area (Å²) in [5, 5.41) is 11.8. The van der Waals surface area contributed by atoms with Gasteiger partial charge in [-0.15, -0.1) is 0 Å². The molecular formula is C11H18N2O. The van der Waals surface area contributed by atoms with Crippen molar-refractivity contribution in [2.45, 2.75) is 6.54 Å². The quantitative estimate of drug-likeness (QED) is 0.682. The van der Waals surface area contributed by atoms with E-state index in [1.165, 1.54) is 11.3 Å². The molecule has 0 atom stereocenters. The molecule has 0 aliphatic rings. The Bertz CT molecular complexity index is 274. The van der Waals surface area contributed by atoms with Gasteiger partial charge in [0.15, 0.2) is 0 Å². The zero-order valence-electron chi connectivity index (χ0n) is 8.83. The van der Waals surface area contributed by atoms with Crippen LogP contribution in [-0.2, 0) is 6.54 Å². The van der Waals surface area contributed by atoms with Crippen LogP contribution in [0.15, 0.2) is 24.3 Å². The average Bonchev–Trinajstić information content (AvgIpc) is 2.19. The van der Waals surface area contributed by atoms with E-state index in [1.54, 1.807) is 0 Å². The minimum atomic E-state index is 0.188. The molecule has 0 bridgehead atoms. The van der Waals surface area contributed by atoms with Crippen molar-refractivity contribution in [1.82, 2.24) is 5.32 Å². The molecule has 1 rings (SSSR count). The van der Waals surface area contributed by atoms with E-state index in [4.69, 9.17) is 5.11 Å². The van der Waals surface area contributed by atoms with Gasteiger partial charge in [-0.25, -0.2) is 0 Å². The summed E-state index contributed by atoms with van der Waals surface area (Å²) in [7, 11) is 4.06. The third kappa shape index (κ3) is 3.36. The monoisotopic (exact) mass is 194 g/mol. The lowest BCUT2D eigenvalue weighted by Crippen LogP contribution is -2.17. The van der Waals surface area contributed by atoms with Crippen molar-refractivity contribution in [3.8, 4) is 0 Å². The zero-order chi connectivity index (χ0) is 10.4. The van der Waals surface area contributed by atoms with E-state index < -0.39 is 0 Å². The van der Waals surface area contributed by atoms with E-state index in [-0.39, 0.29) is 6.61 Å². The molecule has 0 fully saturated rings. The second-order valence-corrected chi connectivity index (χ2v) is 3.46. The Morgan fingerprint density at radius 3 is 2.79 bits per heavy atom. The molecule has 0 aliphatic heterocycles. The van der Waals surface area contributed by atoms with Gasteiger partial charge in [-0.3, -0.25) is 0 Å². The van der Waals surface area contributed by atoms with E-state index in [2.05, 4.69) is 28.4 Å². The molecule has 78 valence electrons. The van der Waals surface area contributed by atoms with E-state index in [0.717, 1.165) is 6.54 Å². The van der Waals surface area contributed by atoms with Crippen molar-refractivity contribution in [2.24, 2.45) is 0 Å². The second-order valence-electron chi connectivity index (χ2n) is 3.46. The van der Waals surface area contributed by atoms with Crippen molar-refractivity contribution in [1.29, 1.82) is 0 Å². The summed E-state index contributed by atoms with van der Waals surface area (Å²) in [5.74, 6) is 0. The number of anilines is 1. The van der Waals surface area contributed by atoms with Crippen molar-refractivity contribution in [2.75, 3.05) is 32.1 Å². The smallest absolute Gasteiger partial charge is 0.0556 e. The van der Waals surface area contributed by atoms with Crippen LogP contribution in [0.25, 0.3) is 0 Å². The summed E-state index contributed by atoms with van der Waals surface area (Å²) in [6.07, 6.45) is 0. The highest BCUT2D eigenvalue weighted by Gasteiger charge is 1.96. The predicted molar refractivity (Wildman–Crippen MR) is 59.6 cm³/mol. The van der Waals surface area contributed by atoms with Crippen LogP contribution >= 0.6 is 0 Å². The van der Waals surface area contributed by atoms with Gasteiger partial charge in [0.05, 0.1) is 6.61 Å². The van der Waals surface area contributed by atoms with E-state index >= 15 is 0 Å². The van der Waals surface area contributed by atoms with Crippen LogP contribution < -0.4 is 10.2 Å². The van der Waals surface area contributed by atoms with Crippen LogP contribution in [0, 0.1) is 0 Å². The molecule has 3 heteroatoms. The number of hydrogen-bond acceptors (Lipinski definition) is 3. The molecule has 0 aliphatic carbocycles. The maximum Gasteiger partial charge on any atom is 0.0556 e. The number of aliphatic hydroxyl groups excluding tert-OH is 1. The average molecular weight is 194 g/mol. The summed E-state index contributed by atoms with van der Waals surface area (Å²) >= 11 is 0. The Hall–Kier alpha value is -1.06. The summed E-state index contributed by atoms with van der Waals surface area (Å²) in [5.41, 5.74) is 2.44. The lowest BCUT2D eigenvalue weighted by molar-refractivity contribution is 0.292. The SMILES string of the molecule is CN(C)c1cccc(CNCCO)c1. The van der Waals surface area contributed by atoms with Crippen LogP contribution in [0.5, 0.6) is 0 Å². The summed E-state index contributed by atoms with van der Waals surface area (Å²) in [6.45, 7) is 1.64. The first-order valence-electron chi connectivity index (χ1n) is 4.82. The lowest BCUT2D eigenvalue weighted by Gasteiger charge is -2.13. The molecule has 14 heavy (non-hydrogen) atoms. The molecule has 0 amide bonds. The number of aliphatic hydroxyl groups is 1. The highest BCUT2D eigenvalue weighted by atomic mass is 16.3. The van der Waals surface area contributed by atoms with Gasteiger partial charge in [-0.1, -0.05) is 12.1 Å². The van der Waals surface area contributed by atoms with Crippen molar-refractivity contribution in [3.05, 3.63) is 29.8 Å². The molecular weight excluding hydrogens is 176 g/mol. The molecule has 3 nitrogen and oxygen atoms in total. The van der Waals surface area contributed by atoms with E-state index in [9.17, 15) is 0 Å². The summed E-state index contributed by atoms with van der Waals surface area (Å²) < 4.78 is 0. The fourth-order valence-corrected chi connectivity index (χ4v) is 1.26. The molecule has 1 aromatic carbocycles. The van der Waals surface area contributed by atoms with Crippen LogP contribution in [0.2, 0.25) is 0 Å². The van der Waals surface area contributed by atoms with Crippen molar-refractivity contribution < 1.29 is 5.11 Å². The van der Waals surface area contributed by atoms with Crippen LogP contribution in [-0.4, -0.2) is 32.4 Å². The van der Waals surface area contributed by atoms with E-state index in [0.29, 0.717) is 6.54 Å². The Balaban J connectivity index is 2.55. The van der Waals surface area contributed by atoms with Gasteiger partial charge in [0.1, 0.15) is 0 Å². The van der Waals surface area contributed by atoms with E-state index in [1.807, 2.05) is 20.2 Å². The number of rotatable bonds is 5. The first kappa shape index (κ1) is 11.0. The highest BCUT2D eigenvalue weighted by Crippen LogP contribution is 2.12. The first-order valence-corrected chi connectivity index (χ1v) is 4.82. The number of nitrogens with one attached hydrogen (secondary N) is 1. The Morgan fingerprint density at radius 1 is 1.36 bits per heavy atom. The largest absolute Gasteiger partial charge is 0.395 e. The van der Waals surface area contributed by atoms with Crippen LogP contribution in [0.4, 0.5) is 5.69 Å². The van der Waals surface area contributed by atoms with Gasteiger partial charge in [0.2, 0.25) is 0 Å². The van der Waals surface area contributed by atoms with Crippen molar-refractivity contribution in [3.63, 3.8) is 0 Å². The number of hydrogen-bond donors (Lipinski definition) is 2. The molecule has 0 spiro atoms. The standard InChI is InChI=1S/C11H18N2O/c1-13(2)11-5-3-4-10(8-11)9-12-6-7-14/h3-5,8,12,14H,6-7,9H2,1-2H3. The van der Waals surface area contributed by atoms with Gasteiger partial charge in [-0.05, 0) is 17.7 Å². The lowest BCUT2D eigenvalue weighted by atomic mass is 10.2. The van der Waals surface area contributed by atoms with Gasteiger partial charge in [0.25, 0.3) is 0 Å². The summed E-state index contributed by atoms with van der Waals surface area (Å²) in [4.78, 5) is 2.08. The Kier molecular flexibility index (Phi) is 4.43. The molecule has 0 radical (unpaired) electrons. The molecule has 0 saturated carbocycles. The molecule has 2 N–H and O–H groups in total. The molecule has 0 heterocycles. The third-order valence-electron chi connectivity index (χ3n) is 2.04. The normalized spacial score (nSPS) is 10.2. The Labute approximate surface area is 85.4 Å². The number of nitrogens with zero attached hydrogens (tertiary/aromatic N) is 1. The highest BCUT2D eigenvalue weighted by molar-refractivity contribution is 5.47. The van der Waals surface area contributed by atoms with Crippen molar-refractivity contribution >= 4 is 5.69 Å². The van der Waals surface area contributed by atoms with Gasteiger partial charge in [-0.2, -0.15) is 0 Å². The van der Waals surface area contributed by atoms with Gasteiger partial charge >= 0.3 is 0 Å². The van der Waals surface area contributed by atoms with Gasteiger partial charge < -0.3 is 15.3 Å². The zero-order valence-corrected chi connectivity index (χ0v) is 8.83. The Morgan fingerprint density at radius 2 is 2.14 bits per heavy atom. The molecule has 0 unspecified atom stereocenters. The molecule has 1 aromatic rings. The maximum absolute atomic E-state index is 8.62. The molecule has 0 aromatic heterocycles. The minimum Gasteiger partial charge on any atom is -0.395 e. The predicted octanol–water partition coefficient (Wildman–Crippen LogP) is 0.834. The first-order chi connectivity index (χ1) is 6.74. The fraction of sp³-hybridized carbons (Fsp3) is 0.455. The summed E-state index contributed by atoms with van der Waals surface area (Å²) in [6, 6.07) is 8.35. The topological polar surface area (TPSA) is 35.5 Å². The molecule has 0 saturated heterocycles. The second kappa shape index (κ2) is 5.62. The fourth-order valence-electron chi connectivity index (χ4n) is 1.26.